The number of amides is 1. The molecule has 160 valence electrons. The van der Waals surface area contributed by atoms with Crippen molar-refractivity contribution in [2.75, 3.05) is 7.11 Å². The van der Waals surface area contributed by atoms with Gasteiger partial charge in [-0.05, 0) is 36.8 Å². The number of hydrogen-bond acceptors (Lipinski definition) is 7. The van der Waals surface area contributed by atoms with Gasteiger partial charge in [0.25, 0.3) is 11.6 Å². The molecule has 0 fully saturated rings. The summed E-state index contributed by atoms with van der Waals surface area (Å²) in [6.45, 7) is 2.17. The number of hydrazone groups is 1. The van der Waals surface area contributed by atoms with Crippen molar-refractivity contribution in [2.45, 2.75) is 20.1 Å². The highest BCUT2D eigenvalue weighted by atomic mass is 16.6. The van der Waals surface area contributed by atoms with E-state index >= 15 is 0 Å². The summed E-state index contributed by atoms with van der Waals surface area (Å²) < 4.78 is 12.7. The number of non-ortho nitro benzene ring substituents is 1. The van der Waals surface area contributed by atoms with Crippen molar-refractivity contribution >= 4 is 17.8 Å². The molecule has 1 amide bonds. The SMILES string of the molecule is COc1cc(/C=N/NC(=O)Cn2nccc2C)ccc1COc1ccc([N+](=O)[O-])cc1. The summed E-state index contributed by atoms with van der Waals surface area (Å²) in [5.74, 6) is 0.806. The Balaban J connectivity index is 1.57. The van der Waals surface area contributed by atoms with Gasteiger partial charge in [0.2, 0.25) is 0 Å². The summed E-state index contributed by atoms with van der Waals surface area (Å²) in [7, 11) is 1.54. The maximum Gasteiger partial charge on any atom is 0.269 e. The second-order valence-electron chi connectivity index (χ2n) is 6.53. The summed E-state index contributed by atoms with van der Waals surface area (Å²) in [5.41, 5.74) is 4.87. The number of carbonyl (C=O) groups excluding carboxylic acids is 1. The molecule has 31 heavy (non-hydrogen) atoms. The maximum atomic E-state index is 11.9. The first kappa shape index (κ1) is 21.5. The van der Waals surface area contributed by atoms with E-state index in [9.17, 15) is 14.9 Å². The van der Waals surface area contributed by atoms with Crippen LogP contribution in [0.2, 0.25) is 0 Å². The van der Waals surface area contributed by atoms with E-state index in [1.807, 2.05) is 25.1 Å². The molecular weight excluding hydrogens is 402 g/mol. The van der Waals surface area contributed by atoms with Crippen molar-refractivity contribution < 1.29 is 19.2 Å². The van der Waals surface area contributed by atoms with Crippen molar-refractivity contribution in [3.63, 3.8) is 0 Å². The topological polar surface area (TPSA) is 121 Å². The molecule has 0 spiro atoms. The zero-order valence-electron chi connectivity index (χ0n) is 17.0. The smallest absolute Gasteiger partial charge is 0.269 e. The first-order chi connectivity index (χ1) is 15.0. The van der Waals surface area contributed by atoms with E-state index in [4.69, 9.17) is 9.47 Å². The number of hydrogen-bond donors (Lipinski definition) is 1. The fraction of sp³-hybridized carbons (Fsp3) is 0.190. The van der Waals surface area contributed by atoms with Crippen LogP contribution in [0, 0.1) is 17.0 Å². The highest BCUT2D eigenvalue weighted by molar-refractivity contribution is 5.83. The minimum atomic E-state index is -0.464. The summed E-state index contributed by atoms with van der Waals surface area (Å²) in [6, 6.07) is 13.1. The third-order valence-corrected chi connectivity index (χ3v) is 4.38. The lowest BCUT2D eigenvalue weighted by Crippen LogP contribution is -2.24. The molecule has 0 saturated carbocycles. The number of nitro groups is 1. The predicted molar refractivity (Wildman–Crippen MR) is 113 cm³/mol. The van der Waals surface area contributed by atoms with Crippen LogP contribution in [-0.4, -0.2) is 33.9 Å². The average Bonchev–Trinajstić information content (AvgIpc) is 3.17. The van der Waals surface area contributed by atoms with Crippen LogP contribution in [0.5, 0.6) is 11.5 Å². The highest BCUT2D eigenvalue weighted by Crippen LogP contribution is 2.23. The molecule has 0 aliphatic heterocycles. The van der Waals surface area contributed by atoms with E-state index in [-0.39, 0.29) is 24.7 Å². The van der Waals surface area contributed by atoms with Gasteiger partial charge in [-0.1, -0.05) is 12.1 Å². The number of nitro benzene ring substituents is 1. The summed E-state index contributed by atoms with van der Waals surface area (Å²) in [6.07, 6.45) is 3.14. The lowest BCUT2D eigenvalue weighted by Gasteiger charge is -2.11. The van der Waals surface area contributed by atoms with Crippen molar-refractivity contribution in [3.8, 4) is 11.5 Å². The van der Waals surface area contributed by atoms with Gasteiger partial charge < -0.3 is 9.47 Å². The Labute approximate surface area is 178 Å². The molecule has 0 atom stereocenters. The van der Waals surface area contributed by atoms with E-state index in [2.05, 4.69) is 15.6 Å². The number of ether oxygens (including phenoxy) is 2. The van der Waals surface area contributed by atoms with Gasteiger partial charge >= 0.3 is 0 Å². The van der Waals surface area contributed by atoms with Gasteiger partial charge in [0.15, 0.2) is 0 Å². The van der Waals surface area contributed by atoms with E-state index in [0.717, 1.165) is 16.8 Å². The first-order valence-electron chi connectivity index (χ1n) is 9.31. The molecule has 1 aromatic heterocycles. The molecule has 1 heterocycles. The third-order valence-electron chi connectivity index (χ3n) is 4.38. The maximum absolute atomic E-state index is 11.9. The molecule has 3 aromatic rings. The number of aryl methyl sites for hydroxylation is 1. The Morgan fingerprint density at radius 3 is 2.68 bits per heavy atom. The van der Waals surface area contributed by atoms with Gasteiger partial charge in [-0.15, -0.1) is 0 Å². The lowest BCUT2D eigenvalue weighted by atomic mass is 10.1. The number of rotatable bonds is 9. The Morgan fingerprint density at radius 1 is 1.26 bits per heavy atom. The normalized spacial score (nSPS) is 10.8. The van der Waals surface area contributed by atoms with Crippen LogP contribution in [-0.2, 0) is 17.9 Å². The standard InChI is InChI=1S/C21H21N5O5/c1-15-9-10-23-25(15)13-21(27)24-22-12-16-3-4-17(20(11-16)30-2)14-31-19-7-5-18(6-8-19)26(28)29/h3-12H,13-14H2,1-2H3,(H,24,27)/b22-12+. The zero-order valence-corrected chi connectivity index (χ0v) is 17.0. The minimum Gasteiger partial charge on any atom is -0.496 e. The molecule has 0 saturated heterocycles. The molecule has 10 nitrogen and oxygen atoms in total. The molecule has 0 unspecified atom stereocenters. The molecule has 2 aromatic carbocycles. The third kappa shape index (κ3) is 5.89. The Bertz CT molecular complexity index is 1090. The van der Waals surface area contributed by atoms with E-state index in [1.165, 1.54) is 18.3 Å². The van der Waals surface area contributed by atoms with Gasteiger partial charge in [0.1, 0.15) is 24.7 Å². The second kappa shape index (κ2) is 10.0. The number of methoxy groups -OCH3 is 1. The van der Waals surface area contributed by atoms with Crippen LogP contribution >= 0.6 is 0 Å². The fourth-order valence-corrected chi connectivity index (χ4v) is 2.70. The minimum absolute atomic E-state index is 0.000388. The largest absolute Gasteiger partial charge is 0.496 e. The van der Waals surface area contributed by atoms with Gasteiger partial charge in [-0.2, -0.15) is 10.2 Å². The van der Waals surface area contributed by atoms with Crippen LogP contribution < -0.4 is 14.9 Å². The molecule has 0 aliphatic carbocycles. The van der Waals surface area contributed by atoms with Crippen LogP contribution in [0.1, 0.15) is 16.8 Å². The van der Waals surface area contributed by atoms with E-state index in [1.54, 1.807) is 36.2 Å². The van der Waals surface area contributed by atoms with Gasteiger partial charge in [-0.25, -0.2) is 5.43 Å². The molecule has 10 heteroatoms. The van der Waals surface area contributed by atoms with Crippen molar-refractivity contribution in [3.05, 3.63) is 81.7 Å². The second-order valence-corrected chi connectivity index (χ2v) is 6.53. The molecular formula is C21H21N5O5. The molecule has 0 aliphatic rings. The van der Waals surface area contributed by atoms with Crippen LogP contribution in [0.4, 0.5) is 5.69 Å². The van der Waals surface area contributed by atoms with Crippen LogP contribution in [0.25, 0.3) is 0 Å². The first-order valence-corrected chi connectivity index (χ1v) is 9.31. The predicted octanol–water partition coefficient (Wildman–Crippen LogP) is 2.84. The number of carbonyl (C=O) groups is 1. The summed E-state index contributed by atoms with van der Waals surface area (Å²) >= 11 is 0. The van der Waals surface area contributed by atoms with Crippen molar-refractivity contribution in [1.29, 1.82) is 0 Å². The van der Waals surface area contributed by atoms with E-state index in [0.29, 0.717) is 11.5 Å². The molecule has 0 radical (unpaired) electrons. The monoisotopic (exact) mass is 423 g/mol. The number of nitrogens with one attached hydrogen (secondary N) is 1. The molecule has 3 rings (SSSR count). The summed E-state index contributed by atoms with van der Waals surface area (Å²) in [4.78, 5) is 22.2. The van der Waals surface area contributed by atoms with Gasteiger partial charge in [0, 0.05) is 29.6 Å². The number of nitrogens with zero attached hydrogens (tertiary/aromatic N) is 4. The number of benzene rings is 2. The van der Waals surface area contributed by atoms with Crippen LogP contribution in [0.15, 0.2) is 59.8 Å². The van der Waals surface area contributed by atoms with E-state index < -0.39 is 4.92 Å². The van der Waals surface area contributed by atoms with Crippen molar-refractivity contribution in [1.82, 2.24) is 15.2 Å². The average molecular weight is 423 g/mol. The fourth-order valence-electron chi connectivity index (χ4n) is 2.70. The van der Waals surface area contributed by atoms with Crippen LogP contribution in [0.3, 0.4) is 0 Å². The zero-order chi connectivity index (χ0) is 22.2. The van der Waals surface area contributed by atoms with Crippen molar-refractivity contribution in [2.24, 2.45) is 5.10 Å². The van der Waals surface area contributed by atoms with Gasteiger partial charge in [-0.3, -0.25) is 19.6 Å². The summed E-state index contributed by atoms with van der Waals surface area (Å²) in [5, 5.41) is 18.7. The Kier molecular flexibility index (Phi) is 6.94. The Hall–Kier alpha value is -4.21. The number of aromatic nitrogens is 2. The molecule has 1 N–H and O–H groups in total. The highest BCUT2D eigenvalue weighted by Gasteiger charge is 2.08. The lowest BCUT2D eigenvalue weighted by molar-refractivity contribution is -0.384. The Morgan fingerprint density at radius 2 is 2.03 bits per heavy atom. The van der Waals surface area contributed by atoms with Gasteiger partial charge in [0.05, 0.1) is 18.2 Å². The quantitative estimate of drug-likeness (QED) is 0.321. The molecule has 0 bridgehead atoms.